The summed E-state index contributed by atoms with van der Waals surface area (Å²) in [4.78, 5) is 3.28. The number of rotatable bonds is 4. The molecule has 0 radical (unpaired) electrons. The molecule has 0 saturated carbocycles. The van der Waals surface area contributed by atoms with E-state index in [9.17, 15) is 0 Å². The zero-order valence-corrected chi connectivity index (χ0v) is 15.8. The summed E-state index contributed by atoms with van der Waals surface area (Å²) in [5.74, 6) is 0.518. The molecule has 0 aliphatic rings. The first kappa shape index (κ1) is 17.7. The summed E-state index contributed by atoms with van der Waals surface area (Å²) < 4.78 is 0. The van der Waals surface area contributed by atoms with Crippen molar-refractivity contribution in [1.29, 1.82) is 0 Å². The molecule has 138 valence electrons. The molecule has 5 heteroatoms. The molecule has 0 amide bonds. The van der Waals surface area contributed by atoms with Crippen molar-refractivity contribution in [2.75, 3.05) is 5.43 Å². The molecular weight excluding hydrogens is 346 g/mol. The summed E-state index contributed by atoms with van der Waals surface area (Å²) in [6, 6.07) is 24.0. The Balaban J connectivity index is 1.75. The number of anilines is 1. The lowest BCUT2D eigenvalue weighted by Gasteiger charge is -2.06. The lowest BCUT2D eigenvalue weighted by Crippen LogP contribution is -2.01. The second-order valence-electron chi connectivity index (χ2n) is 6.60. The minimum absolute atomic E-state index is 0.518. The van der Waals surface area contributed by atoms with E-state index in [1.54, 1.807) is 0 Å². The van der Waals surface area contributed by atoms with Gasteiger partial charge >= 0.3 is 0 Å². The van der Waals surface area contributed by atoms with Crippen LogP contribution in [-0.4, -0.2) is 10.8 Å². The number of nitrogens with one attached hydrogen (secondary N) is 2. The predicted octanol–water partition coefficient (Wildman–Crippen LogP) is 6.34. The number of hydrogen-bond donors (Lipinski definition) is 2. The van der Waals surface area contributed by atoms with Crippen molar-refractivity contribution < 1.29 is 0 Å². The Morgan fingerprint density at radius 2 is 1.54 bits per heavy atom. The highest BCUT2D eigenvalue weighted by Gasteiger charge is 2.10. The number of H-pyrrole nitrogens is 1. The van der Waals surface area contributed by atoms with Gasteiger partial charge in [0.25, 0.3) is 0 Å². The van der Waals surface area contributed by atoms with Crippen molar-refractivity contribution in [3.05, 3.63) is 95.7 Å². The van der Waals surface area contributed by atoms with Crippen molar-refractivity contribution in [3.63, 3.8) is 0 Å². The average molecular weight is 367 g/mol. The third kappa shape index (κ3) is 3.69. The van der Waals surface area contributed by atoms with E-state index in [1.165, 1.54) is 0 Å². The monoisotopic (exact) mass is 367 g/mol. The van der Waals surface area contributed by atoms with Crippen LogP contribution in [0, 0.1) is 13.8 Å². The minimum Gasteiger partial charge on any atom is -0.360 e. The molecule has 0 aliphatic carbocycles. The maximum absolute atomic E-state index is 4.58. The maximum Gasteiger partial charge on any atom is 0.203 e. The van der Waals surface area contributed by atoms with Crippen LogP contribution in [0.2, 0.25) is 0 Å². The number of aromatic amines is 1. The Bertz CT molecular complexity index is 1170. The first-order valence-electron chi connectivity index (χ1n) is 9.15. The fraction of sp³-hybridized carbons (Fsp3) is 0.0870. The van der Waals surface area contributed by atoms with Crippen molar-refractivity contribution in [3.8, 4) is 0 Å². The average Bonchev–Trinajstić information content (AvgIpc) is 3.14. The highest BCUT2D eigenvalue weighted by Crippen LogP contribution is 2.22. The van der Waals surface area contributed by atoms with E-state index in [4.69, 9.17) is 0 Å². The first-order valence-corrected chi connectivity index (χ1v) is 9.15. The van der Waals surface area contributed by atoms with E-state index in [2.05, 4.69) is 25.7 Å². The third-order valence-corrected chi connectivity index (χ3v) is 4.63. The molecule has 0 bridgehead atoms. The fourth-order valence-electron chi connectivity index (χ4n) is 2.98. The topological polar surface area (TPSA) is 64.9 Å². The van der Waals surface area contributed by atoms with E-state index < -0.39 is 0 Å². The highest BCUT2D eigenvalue weighted by atomic mass is 15.3. The number of hydrogen-bond acceptors (Lipinski definition) is 3. The van der Waals surface area contributed by atoms with E-state index in [1.807, 2.05) is 92.8 Å². The number of amidine groups is 1. The normalized spacial score (nSPS) is 12.0. The zero-order chi connectivity index (χ0) is 19.3. The molecule has 1 heterocycles. The predicted molar refractivity (Wildman–Crippen MR) is 115 cm³/mol. The molecule has 4 rings (SSSR count). The molecule has 0 aliphatic heterocycles. The van der Waals surface area contributed by atoms with E-state index in [-0.39, 0.29) is 0 Å². The number of nitrogens with zero attached hydrogens (tertiary/aromatic N) is 3. The molecule has 3 aromatic carbocycles. The molecule has 0 unspecified atom stereocenters. The van der Waals surface area contributed by atoms with Crippen molar-refractivity contribution in [2.45, 2.75) is 13.8 Å². The number of para-hydroxylation sites is 2. The standard InChI is InChI=1S/C23H21N5/c1-16-9-3-6-12-20(16)25-27-23(28-26-21-13-7-4-10-17(21)2)19-15-24-22-14-8-5-11-18(19)22/h3-15,24-25H,1-2H3/b27-23+,28-26?. The molecular formula is C23H21N5. The van der Waals surface area contributed by atoms with Crippen LogP contribution in [0.25, 0.3) is 10.9 Å². The van der Waals surface area contributed by atoms with Gasteiger partial charge in [0, 0.05) is 22.7 Å². The molecule has 0 spiro atoms. The van der Waals surface area contributed by atoms with Crippen LogP contribution < -0.4 is 5.43 Å². The Hall–Kier alpha value is -3.73. The minimum atomic E-state index is 0.518. The van der Waals surface area contributed by atoms with E-state index in [0.717, 1.165) is 39.0 Å². The molecule has 5 nitrogen and oxygen atoms in total. The van der Waals surface area contributed by atoms with Gasteiger partial charge in [-0.25, -0.2) is 0 Å². The van der Waals surface area contributed by atoms with Gasteiger partial charge in [0.05, 0.1) is 11.4 Å². The van der Waals surface area contributed by atoms with Gasteiger partial charge in [0.15, 0.2) is 0 Å². The SMILES string of the molecule is Cc1ccccc1N=N/C(=N/Nc1ccccc1C)c1c[nH]c2ccccc12. The Kier molecular flexibility index (Phi) is 4.97. The molecule has 0 fully saturated rings. The van der Waals surface area contributed by atoms with Gasteiger partial charge in [0.1, 0.15) is 0 Å². The quantitative estimate of drug-likeness (QED) is 0.188. The number of benzene rings is 3. The summed E-state index contributed by atoms with van der Waals surface area (Å²) in [6.07, 6.45) is 1.92. The van der Waals surface area contributed by atoms with E-state index >= 15 is 0 Å². The Morgan fingerprint density at radius 1 is 0.821 bits per heavy atom. The summed E-state index contributed by atoms with van der Waals surface area (Å²) in [7, 11) is 0. The van der Waals surface area contributed by atoms with Gasteiger partial charge in [-0.2, -0.15) is 5.10 Å². The third-order valence-electron chi connectivity index (χ3n) is 4.63. The Morgan fingerprint density at radius 3 is 2.36 bits per heavy atom. The van der Waals surface area contributed by atoms with Crippen LogP contribution in [0.15, 0.2) is 94.3 Å². The number of aryl methyl sites for hydroxylation is 2. The number of azo groups is 1. The van der Waals surface area contributed by atoms with Gasteiger partial charge in [-0.1, -0.05) is 54.6 Å². The summed E-state index contributed by atoms with van der Waals surface area (Å²) in [6.45, 7) is 4.06. The van der Waals surface area contributed by atoms with Crippen LogP contribution in [0.4, 0.5) is 11.4 Å². The van der Waals surface area contributed by atoms with Crippen molar-refractivity contribution in [2.24, 2.45) is 15.3 Å². The summed E-state index contributed by atoms with van der Waals surface area (Å²) >= 11 is 0. The largest absolute Gasteiger partial charge is 0.360 e. The number of aromatic nitrogens is 1. The van der Waals surface area contributed by atoms with E-state index in [0.29, 0.717) is 5.84 Å². The highest BCUT2D eigenvalue weighted by molar-refractivity contribution is 6.10. The van der Waals surface area contributed by atoms with Gasteiger partial charge < -0.3 is 4.98 Å². The van der Waals surface area contributed by atoms with Crippen molar-refractivity contribution >= 4 is 28.1 Å². The number of hydrazone groups is 1. The summed E-state index contributed by atoms with van der Waals surface area (Å²) in [5, 5.41) is 14.6. The molecule has 28 heavy (non-hydrogen) atoms. The summed E-state index contributed by atoms with van der Waals surface area (Å²) in [5.41, 5.74) is 9.01. The maximum atomic E-state index is 4.58. The lowest BCUT2D eigenvalue weighted by atomic mass is 10.1. The smallest absolute Gasteiger partial charge is 0.203 e. The second kappa shape index (κ2) is 7.88. The Labute approximate surface area is 163 Å². The molecule has 1 aromatic heterocycles. The lowest BCUT2D eigenvalue weighted by molar-refractivity contribution is 1.20. The number of fused-ring (bicyclic) bond motifs is 1. The zero-order valence-electron chi connectivity index (χ0n) is 15.8. The second-order valence-corrected chi connectivity index (χ2v) is 6.60. The van der Waals surface area contributed by atoms with Crippen molar-refractivity contribution in [1.82, 2.24) is 4.98 Å². The van der Waals surface area contributed by atoms with Gasteiger partial charge in [0.2, 0.25) is 5.84 Å². The molecule has 2 N–H and O–H groups in total. The fourth-order valence-corrected chi connectivity index (χ4v) is 2.98. The van der Waals surface area contributed by atoms with Gasteiger partial charge in [-0.05, 0) is 43.2 Å². The van der Waals surface area contributed by atoms with Crippen LogP contribution >= 0.6 is 0 Å². The molecule has 0 saturated heterocycles. The molecule has 0 atom stereocenters. The van der Waals surface area contributed by atoms with Gasteiger partial charge in [-0.3, -0.25) is 5.43 Å². The molecule has 4 aromatic rings. The van der Waals surface area contributed by atoms with Crippen LogP contribution in [0.5, 0.6) is 0 Å². The van der Waals surface area contributed by atoms with Crippen LogP contribution in [0.3, 0.4) is 0 Å². The van der Waals surface area contributed by atoms with Crippen LogP contribution in [-0.2, 0) is 0 Å². The van der Waals surface area contributed by atoms with Crippen LogP contribution in [0.1, 0.15) is 16.7 Å². The van der Waals surface area contributed by atoms with Gasteiger partial charge in [-0.15, -0.1) is 10.2 Å². The first-order chi connectivity index (χ1) is 13.7.